The average molecular weight is 462 g/mol. The van der Waals surface area contributed by atoms with Crippen LogP contribution in [0.25, 0.3) is 0 Å². The highest BCUT2D eigenvalue weighted by molar-refractivity contribution is 9.11. The Bertz CT molecular complexity index is 847. The van der Waals surface area contributed by atoms with Crippen LogP contribution in [0.1, 0.15) is 11.1 Å². The fraction of sp³-hybridized carbons (Fsp3) is 0.118. The average Bonchev–Trinajstić information content (AvgIpc) is 2.60. The SMILES string of the molecule is Cc1cc(Br)c(NN2C=NC=NC2Nc2ccc(C#N)cc2)c(Br)c1. The molecule has 1 aliphatic heterocycles. The molecule has 0 saturated carbocycles. The molecule has 2 aromatic rings. The van der Waals surface area contributed by atoms with Gasteiger partial charge in [-0.15, -0.1) is 0 Å². The smallest absolute Gasteiger partial charge is 0.216 e. The van der Waals surface area contributed by atoms with Gasteiger partial charge in [0.2, 0.25) is 6.29 Å². The molecule has 2 aromatic carbocycles. The second-order valence-corrected chi connectivity index (χ2v) is 7.07. The van der Waals surface area contributed by atoms with Crippen LogP contribution in [0.2, 0.25) is 0 Å². The Morgan fingerprint density at radius 2 is 1.84 bits per heavy atom. The predicted molar refractivity (Wildman–Crippen MR) is 108 cm³/mol. The van der Waals surface area contributed by atoms with Gasteiger partial charge in [0.25, 0.3) is 0 Å². The molecule has 0 aliphatic carbocycles. The van der Waals surface area contributed by atoms with E-state index in [9.17, 15) is 0 Å². The molecule has 0 spiro atoms. The van der Waals surface area contributed by atoms with Crippen LogP contribution in [0.4, 0.5) is 11.4 Å². The molecule has 0 radical (unpaired) electrons. The summed E-state index contributed by atoms with van der Waals surface area (Å²) < 4.78 is 1.86. The fourth-order valence-electron chi connectivity index (χ4n) is 2.26. The number of hydrazine groups is 1. The van der Waals surface area contributed by atoms with E-state index in [4.69, 9.17) is 5.26 Å². The lowest BCUT2D eigenvalue weighted by Gasteiger charge is -2.31. The van der Waals surface area contributed by atoms with E-state index in [0.717, 1.165) is 25.9 Å². The Hall–Kier alpha value is -2.37. The van der Waals surface area contributed by atoms with Gasteiger partial charge in [0.15, 0.2) is 0 Å². The summed E-state index contributed by atoms with van der Waals surface area (Å²) in [6, 6.07) is 13.4. The van der Waals surface area contributed by atoms with Crippen molar-refractivity contribution in [2.75, 3.05) is 10.7 Å². The number of halogens is 2. The second-order valence-electron chi connectivity index (χ2n) is 5.36. The molecule has 1 aliphatic rings. The number of hydrogen-bond acceptors (Lipinski definition) is 6. The van der Waals surface area contributed by atoms with Crippen LogP contribution < -0.4 is 10.7 Å². The van der Waals surface area contributed by atoms with Crippen LogP contribution in [0.3, 0.4) is 0 Å². The molecule has 0 aromatic heterocycles. The van der Waals surface area contributed by atoms with Crippen LogP contribution in [-0.2, 0) is 0 Å². The largest absolute Gasteiger partial charge is 0.345 e. The third-order valence-electron chi connectivity index (χ3n) is 3.47. The van der Waals surface area contributed by atoms with Crippen molar-refractivity contribution in [2.45, 2.75) is 13.2 Å². The lowest BCUT2D eigenvalue weighted by Crippen LogP contribution is -2.44. The van der Waals surface area contributed by atoms with E-state index in [1.807, 2.05) is 31.2 Å². The van der Waals surface area contributed by atoms with Gasteiger partial charge >= 0.3 is 0 Å². The van der Waals surface area contributed by atoms with E-state index in [1.54, 1.807) is 23.5 Å². The van der Waals surface area contributed by atoms with E-state index in [1.165, 1.54) is 6.34 Å². The number of nitriles is 1. The summed E-state index contributed by atoms with van der Waals surface area (Å²) in [7, 11) is 0. The minimum atomic E-state index is -0.384. The number of nitrogens with one attached hydrogen (secondary N) is 2. The lowest BCUT2D eigenvalue weighted by atomic mass is 10.2. The molecule has 1 unspecified atom stereocenters. The van der Waals surface area contributed by atoms with Crippen LogP contribution in [0.5, 0.6) is 0 Å². The third kappa shape index (κ3) is 4.18. The summed E-state index contributed by atoms with van der Waals surface area (Å²) in [4.78, 5) is 8.44. The Morgan fingerprint density at radius 3 is 2.48 bits per heavy atom. The number of hydrogen-bond donors (Lipinski definition) is 2. The van der Waals surface area contributed by atoms with Gasteiger partial charge in [-0.1, -0.05) is 0 Å². The summed E-state index contributed by atoms with van der Waals surface area (Å²) in [5, 5.41) is 13.9. The molecule has 1 heterocycles. The van der Waals surface area contributed by atoms with Crippen LogP contribution in [0, 0.1) is 18.3 Å². The van der Waals surface area contributed by atoms with Crippen molar-refractivity contribution in [3.63, 3.8) is 0 Å². The molecule has 1 atom stereocenters. The van der Waals surface area contributed by atoms with Crippen molar-refractivity contribution < 1.29 is 0 Å². The van der Waals surface area contributed by atoms with Gasteiger partial charge < -0.3 is 5.32 Å². The van der Waals surface area contributed by atoms with Gasteiger partial charge in [-0.25, -0.2) is 15.0 Å². The van der Waals surface area contributed by atoms with Crippen LogP contribution >= 0.6 is 31.9 Å². The molecule has 126 valence electrons. The van der Waals surface area contributed by atoms with Crippen molar-refractivity contribution in [3.8, 4) is 6.07 Å². The molecule has 25 heavy (non-hydrogen) atoms. The predicted octanol–water partition coefficient (Wildman–Crippen LogP) is 4.49. The second kappa shape index (κ2) is 7.68. The first-order valence-electron chi connectivity index (χ1n) is 7.39. The fourth-order valence-corrected chi connectivity index (χ4v) is 3.85. The number of anilines is 2. The van der Waals surface area contributed by atoms with Gasteiger partial charge in [-0.05, 0) is 80.7 Å². The van der Waals surface area contributed by atoms with Crippen LogP contribution in [-0.4, -0.2) is 24.0 Å². The van der Waals surface area contributed by atoms with Gasteiger partial charge in [-0.2, -0.15) is 5.26 Å². The molecule has 6 nitrogen and oxygen atoms in total. The molecule has 2 N–H and O–H groups in total. The molecular formula is C17H14Br2N6. The zero-order valence-electron chi connectivity index (χ0n) is 13.2. The van der Waals surface area contributed by atoms with Crippen molar-refractivity contribution in [3.05, 3.63) is 56.5 Å². The first-order chi connectivity index (χ1) is 12.1. The molecule has 0 saturated heterocycles. The van der Waals surface area contributed by atoms with E-state index in [2.05, 4.69) is 58.7 Å². The topological polar surface area (TPSA) is 75.8 Å². The maximum Gasteiger partial charge on any atom is 0.216 e. The third-order valence-corrected chi connectivity index (χ3v) is 4.72. The number of aliphatic imine (C=N–C) groups is 2. The van der Waals surface area contributed by atoms with Gasteiger partial charge in [0.05, 0.1) is 17.3 Å². The summed E-state index contributed by atoms with van der Waals surface area (Å²) >= 11 is 7.15. The van der Waals surface area contributed by atoms with Gasteiger partial charge in [0, 0.05) is 14.6 Å². The van der Waals surface area contributed by atoms with Gasteiger partial charge in [0.1, 0.15) is 12.7 Å². The molecule has 3 rings (SSSR count). The Balaban J connectivity index is 1.79. The standard InChI is InChI=1S/C17H14Br2N6/c1-11-6-14(18)16(15(19)7-11)24-25-10-21-9-22-17(25)23-13-4-2-12(8-20)3-5-13/h2-7,9-10,17,23-24H,1H3. The highest BCUT2D eigenvalue weighted by Gasteiger charge is 2.19. The Labute approximate surface area is 162 Å². The number of nitrogens with zero attached hydrogens (tertiary/aromatic N) is 4. The summed E-state index contributed by atoms with van der Waals surface area (Å²) in [5.74, 6) is 0. The normalized spacial score (nSPS) is 15.8. The highest BCUT2D eigenvalue weighted by atomic mass is 79.9. The lowest BCUT2D eigenvalue weighted by molar-refractivity contribution is 0.414. The van der Waals surface area contributed by atoms with Crippen LogP contribution in [0.15, 0.2) is 55.3 Å². The Kier molecular flexibility index (Phi) is 5.36. The summed E-state index contributed by atoms with van der Waals surface area (Å²) in [5.41, 5.74) is 6.78. The van der Waals surface area contributed by atoms with Crippen molar-refractivity contribution in [2.24, 2.45) is 9.98 Å². The summed E-state index contributed by atoms with van der Waals surface area (Å²) in [6.45, 7) is 2.03. The zero-order chi connectivity index (χ0) is 17.8. The maximum absolute atomic E-state index is 8.89. The molecular weight excluding hydrogens is 448 g/mol. The molecule has 0 fully saturated rings. The minimum Gasteiger partial charge on any atom is -0.345 e. The minimum absolute atomic E-state index is 0.384. The van der Waals surface area contributed by atoms with Crippen molar-refractivity contribution >= 4 is 55.9 Å². The van der Waals surface area contributed by atoms with E-state index in [-0.39, 0.29) is 6.29 Å². The summed E-state index contributed by atoms with van der Waals surface area (Å²) in [6.07, 6.45) is 2.77. The number of aryl methyl sites for hydroxylation is 1. The number of rotatable bonds is 4. The highest BCUT2D eigenvalue weighted by Crippen LogP contribution is 2.33. The first kappa shape index (κ1) is 17.5. The zero-order valence-corrected chi connectivity index (χ0v) is 16.4. The first-order valence-corrected chi connectivity index (χ1v) is 8.98. The monoisotopic (exact) mass is 460 g/mol. The number of benzene rings is 2. The van der Waals surface area contributed by atoms with E-state index >= 15 is 0 Å². The molecule has 0 amide bonds. The van der Waals surface area contributed by atoms with Crippen molar-refractivity contribution in [1.82, 2.24) is 5.01 Å². The maximum atomic E-state index is 8.89. The van der Waals surface area contributed by atoms with Gasteiger partial charge in [-0.3, -0.25) is 5.43 Å². The molecule has 8 heteroatoms. The molecule has 0 bridgehead atoms. The van der Waals surface area contributed by atoms with E-state index < -0.39 is 0 Å². The Morgan fingerprint density at radius 1 is 1.16 bits per heavy atom. The van der Waals surface area contributed by atoms with E-state index in [0.29, 0.717) is 5.56 Å². The quantitative estimate of drug-likeness (QED) is 0.703. The van der Waals surface area contributed by atoms with Crippen molar-refractivity contribution in [1.29, 1.82) is 5.26 Å².